The van der Waals surface area contributed by atoms with Crippen LogP contribution in [0.15, 0.2) is 54.6 Å². The van der Waals surface area contributed by atoms with Crippen molar-refractivity contribution in [1.29, 1.82) is 0 Å². The summed E-state index contributed by atoms with van der Waals surface area (Å²) < 4.78 is 5.74. The highest BCUT2D eigenvalue weighted by Crippen LogP contribution is 2.15. The first-order valence-corrected chi connectivity index (χ1v) is 6.88. The van der Waals surface area contributed by atoms with Gasteiger partial charge in [-0.05, 0) is 37.2 Å². The van der Waals surface area contributed by atoms with Crippen LogP contribution >= 0.6 is 0 Å². The quantitative estimate of drug-likeness (QED) is 0.545. The van der Waals surface area contributed by atoms with Gasteiger partial charge in [0.2, 0.25) is 0 Å². The highest BCUT2D eigenvalue weighted by atomic mass is 16.5. The number of allylic oxidation sites excluding steroid dienone is 4. The molecule has 0 aliphatic heterocycles. The van der Waals surface area contributed by atoms with E-state index in [2.05, 4.69) is 48.6 Å². The predicted molar refractivity (Wildman–Crippen MR) is 76.3 cm³/mol. The van der Waals surface area contributed by atoms with Gasteiger partial charge >= 0.3 is 0 Å². The second-order valence-corrected chi connectivity index (χ2v) is 4.80. The summed E-state index contributed by atoms with van der Waals surface area (Å²) in [5.41, 5.74) is 1.26. The number of ether oxygens (including phenoxy) is 1. The molecule has 0 radical (unpaired) electrons. The van der Waals surface area contributed by atoms with Crippen molar-refractivity contribution in [2.45, 2.75) is 32.3 Å². The summed E-state index contributed by atoms with van der Waals surface area (Å²) in [7, 11) is 0. The topological polar surface area (TPSA) is 9.23 Å². The molecule has 0 saturated carbocycles. The molecule has 0 fully saturated rings. The zero-order valence-electron chi connectivity index (χ0n) is 10.9. The van der Waals surface area contributed by atoms with Gasteiger partial charge in [0.25, 0.3) is 0 Å². The molecular formula is C17H22O. The van der Waals surface area contributed by atoms with Gasteiger partial charge < -0.3 is 4.74 Å². The molecule has 0 bridgehead atoms. The summed E-state index contributed by atoms with van der Waals surface area (Å²) in [4.78, 5) is 0. The molecule has 0 spiro atoms. The van der Waals surface area contributed by atoms with Gasteiger partial charge in [-0.2, -0.15) is 0 Å². The summed E-state index contributed by atoms with van der Waals surface area (Å²) >= 11 is 0. The summed E-state index contributed by atoms with van der Waals surface area (Å²) in [5, 5.41) is 0. The van der Waals surface area contributed by atoms with E-state index in [-0.39, 0.29) is 0 Å². The fourth-order valence-corrected chi connectivity index (χ4v) is 2.16. The Bertz CT molecular complexity index is 378. The molecule has 1 aliphatic rings. The molecule has 0 N–H and O–H groups in total. The van der Waals surface area contributed by atoms with E-state index >= 15 is 0 Å². The van der Waals surface area contributed by atoms with Gasteiger partial charge in [-0.15, -0.1) is 0 Å². The van der Waals surface area contributed by atoms with Crippen LogP contribution in [-0.4, -0.2) is 6.61 Å². The standard InChI is InChI=1S/C17H22O/c1-2-5-9-16(10-6-3-1)13-14-18-15-17-11-7-4-8-12-17/h2,4-8,10-12,16H,1,3,9,13-15H2/b5-2-,10-6-. The second kappa shape index (κ2) is 7.88. The fourth-order valence-electron chi connectivity index (χ4n) is 2.16. The Hall–Kier alpha value is -1.34. The molecule has 1 aliphatic carbocycles. The third-order valence-corrected chi connectivity index (χ3v) is 3.26. The van der Waals surface area contributed by atoms with Crippen molar-refractivity contribution in [2.75, 3.05) is 6.61 Å². The molecule has 0 amide bonds. The smallest absolute Gasteiger partial charge is 0.0716 e. The normalized spacial score (nSPS) is 23.0. The third kappa shape index (κ3) is 4.89. The molecule has 1 atom stereocenters. The maximum Gasteiger partial charge on any atom is 0.0716 e. The minimum Gasteiger partial charge on any atom is -0.377 e. The van der Waals surface area contributed by atoms with Gasteiger partial charge in [0, 0.05) is 6.61 Å². The monoisotopic (exact) mass is 242 g/mol. The summed E-state index contributed by atoms with van der Waals surface area (Å²) in [6, 6.07) is 10.4. The van der Waals surface area contributed by atoms with E-state index in [1.165, 1.54) is 18.4 Å². The Morgan fingerprint density at radius 1 is 1.00 bits per heavy atom. The van der Waals surface area contributed by atoms with Gasteiger partial charge in [-0.1, -0.05) is 54.6 Å². The fraction of sp³-hybridized carbons (Fsp3) is 0.412. The molecule has 1 unspecified atom stereocenters. The van der Waals surface area contributed by atoms with E-state index in [4.69, 9.17) is 4.74 Å². The number of rotatable bonds is 5. The summed E-state index contributed by atoms with van der Waals surface area (Å²) in [5.74, 6) is 0.650. The molecule has 0 saturated heterocycles. The minimum absolute atomic E-state index is 0.650. The van der Waals surface area contributed by atoms with Crippen LogP contribution < -0.4 is 0 Å². The van der Waals surface area contributed by atoms with Gasteiger partial charge in [0.05, 0.1) is 6.61 Å². The Kier molecular flexibility index (Phi) is 5.74. The van der Waals surface area contributed by atoms with Crippen LogP contribution in [-0.2, 0) is 11.3 Å². The maximum atomic E-state index is 5.74. The highest BCUT2D eigenvalue weighted by molar-refractivity contribution is 5.13. The summed E-state index contributed by atoms with van der Waals surface area (Å²) in [6.45, 7) is 1.57. The van der Waals surface area contributed by atoms with E-state index in [1.807, 2.05) is 6.07 Å². The van der Waals surface area contributed by atoms with Crippen molar-refractivity contribution in [3.8, 4) is 0 Å². The molecule has 1 aromatic carbocycles. The Morgan fingerprint density at radius 3 is 2.72 bits per heavy atom. The van der Waals surface area contributed by atoms with Gasteiger partial charge in [-0.25, -0.2) is 0 Å². The zero-order chi connectivity index (χ0) is 12.5. The van der Waals surface area contributed by atoms with Crippen LogP contribution in [0.4, 0.5) is 0 Å². The third-order valence-electron chi connectivity index (χ3n) is 3.26. The number of benzene rings is 1. The molecule has 0 aromatic heterocycles. The Labute approximate surface area is 110 Å². The maximum absolute atomic E-state index is 5.74. The first-order chi connectivity index (χ1) is 8.95. The molecule has 1 heteroatoms. The predicted octanol–water partition coefficient (Wildman–Crippen LogP) is 4.51. The van der Waals surface area contributed by atoms with E-state index < -0.39 is 0 Å². The molecule has 2 rings (SSSR count). The molecule has 1 aromatic rings. The lowest BCUT2D eigenvalue weighted by Crippen LogP contribution is -2.03. The van der Waals surface area contributed by atoms with Crippen molar-refractivity contribution in [3.63, 3.8) is 0 Å². The molecular weight excluding hydrogens is 220 g/mol. The minimum atomic E-state index is 0.650. The Balaban J connectivity index is 1.65. The van der Waals surface area contributed by atoms with E-state index in [1.54, 1.807) is 0 Å². The van der Waals surface area contributed by atoms with E-state index in [0.717, 1.165) is 26.1 Å². The lowest BCUT2D eigenvalue weighted by molar-refractivity contribution is 0.111. The SMILES string of the molecule is C1=C\CC(CCOCc2ccccc2)/C=C\CC/1. The van der Waals surface area contributed by atoms with Crippen molar-refractivity contribution in [3.05, 3.63) is 60.2 Å². The lowest BCUT2D eigenvalue weighted by atomic mass is 9.98. The second-order valence-electron chi connectivity index (χ2n) is 4.80. The largest absolute Gasteiger partial charge is 0.377 e. The van der Waals surface area contributed by atoms with Crippen LogP contribution in [0.25, 0.3) is 0 Å². The van der Waals surface area contributed by atoms with Gasteiger partial charge in [-0.3, -0.25) is 0 Å². The van der Waals surface area contributed by atoms with E-state index in [0.29, 0.717) is 5.92 Å². The number of hydrogen-bond donors (Lipinski definition) is 0. The number of hydrogen-bond acceptors (Lipinski definition) is 1. The highest BCUT2D eigenvalue weighted by Gasteiger charge is 2.04. The van der Waals surface area contributed by atoms with Crippen LogP contribution in [0.5, 0.6) is 0 Å². The van der Waals surface area contributed by atoms with Crippen molar-refractivity contribution in [2.24, 2.45) is 5.92 Å². The van der Waals surface area contributed by atoms with Gasteiger partial charge in [0.15, 0.2) is 0 Å². The van der Waals surface area contributed by atoms with Crippen LogP contribution in [0, 0.1) is 5.92 Å². The van der Waals surface area contributed by atoms with Crippen LogP contribution in [0.2, 0.25) is 0 Å². The molecule has 96 valence electrons. The van der Waals surface area contributed by atoms with E-state index in [9.17, 15) is 0 Å². The lowest BCUT2D eigenvalue weighted by Gasteiger charge is -2.12. The van der Waals surface area contributed by atoms with Crippen LogP contribution in [0.1, 0.15) is 31.2 Å². The molecule has 0 heterocycles. The van der Waals surface area contributed by atoms with Crippen LogP contribution in [0.3, 0.4) is 0 Å². The first-order valence-electron chi connectivity index (χ1n) is 6.88. The van der Waals surface area contributed by atoms with Crippen molar-refractivity contribution in [1.82, 2.24) is 0 Å². The Morgan fingerprint density at radius 2 is 1.83 bits per heavy atom. The zero-order valence-corrected chi connectivity index (χ0v) is 10.9. The van der Waals surface area contributed by atoms with Crippen molar-refractivity contribution >= 4 is 0 Å². The van der Waals surface area contributed by atoms with Gasteiger partial charge in [0.1, 0.15) is 0 Å². The van der Waals surface area contributed by atoms with Crippen molar-refractivity contribution < 1.29 is 4.74 Å². The molecule has 18 heavy (non-hydrogen) atoms. The average molecular weight is 242 g/mol. The average Bonchev–Trinajstić information content (AvgIpc) is 2.38. The first kappa shape index (κ1) is 13.1. The molecule has 1 nitrogen and oxygen atoms in total. The summed E-state index contributed by atoms with van der Waals surface area (Å²) in [6.07, 6.45) is 13.9.